The molecule has 88 valence electrons. The molecule has 0 radical (unpaired) electrons. The van der Waals surface area contributed by atoms with Crippen molar-refractivity contribution in [1.29, 1.82) is 0 Å². The molecule has 2 nitrogen and oxygen atoms in total. The van der Waals surface area contributed by atoms with Gasteiger partial charge in [0.25, 0.3) is 0 Å². The van der Waals surface area contributed by atoms with Crippen LogP contribution in [0.5, 0.6) is 5.75 Å². The zero-order chi connectivity index (χ0) is 11.8. The summed E-state index contributed by atoms with van der Waals surface area (Å²) in [6.07, 6.45) is -0.326. The maximum atomic E-state index is 13.0. The molecule has 1 saturated carbocycles. The molecule has 16 heavy (non-hydrogen) atoms. The smallest absolute Gasteiger partial charge is 0.250 e. The van der Waals surface area contributed by atoms with E-state index in [1.54, 1.807) is 19.2 Å². The molecule has 1 aromatic carbocycles. The van der Waals surface area contributed by atoms with E-state index in [2.05, 4.69) is 0 Å². The Morgan fingerprint density at radius 3 is 2.56 bits per heavy atom. The molecule has 1 aliphatic rings. The molecule has 2 N–H and O–H groups in total. The van der Waals surface area contributed by atoms with Crippen molar-refractivity contribution >= 4 is 0 Å². The Morgan fingerprint density at radius 1 is 1.38 bits per heavy atom. The highest BCUT2D eigenvalue weighted by Gasteiger charge is 2.56. The molecule has 1 aliphatic carbocycles. The van der Waals surface area contributed by atoms with E-state index >= 15 is 0 Å². The molecule has 0 aliphatic heterocycles. The van der Waals surface area contributed by atoms with E-state index in [4.69, 9.17) is 10.5 Å². The monoisotopic (exact) mass is 227 g/mol. The molecule has 0 saturated heterocycles. The maximum absolute atomic E-state index is 13.0. The summed E-state index contributed by atoms with van der Waals surface area (Å²) in [6, 6.07) is 7.24. The van der Waals surface area contributed by atoms with Gasteiger partial charge >= 0.3 is 0 Å². The maximum Gasteiger partial charge on any atom is 0.250 e. The van der Waals surface area contributed by atoms with E-state index in [1.165, 1.54) is 0 Å². The molecule has 0 amide bonds. The number of nitrogens with two attached hydrogens (primary N) is 1. The van der Waals surface area contributed by atoms with Crippen LogP contribution >= 0.6 is 0 Å². The molecule has 0 unspecified atom stereocenters. The Kier molecular flexibility index (Phi) is 2.62. The van der Waals surface area contributed by atoms with Crippen LogP contribution in [0, 0.1) is 0 Å². The molecule has 1 aromatic rings. The van der Waals surface area contributed by atoms with E-state index in [0.29, 0.717) is 5.75 Å². The van der Waals surface area contributed by atoms with Gasteiger partial charge in [0.1, 0.15) is 5.75 Å². The predicted octanol–water partition coefficient (Wildman–Crippen LogP) is 2.32. The summed E-state index contributed by atoms with van der Waals surface area (Å²) in [6.45, 7) is 0.246. The van der Waals surface area contributed by atoms with Crippen LogP contribution in [0.25, 0.3) is 0 Å². The number of benzene rings is 1. The average molecular weight is 227 g/mol. The van der Waals surface area contributed by atoms with Gasteiger partial charge in [0.05, 0.1) is 7.11 Å². The van der Waals surface area contributed by atoms with Crippen molar-refractivity contribution in [2.45, 2.75) is 24.2 Å². The fraction of sp³-hybridized carbons (Fsp3) is 0.500. The summed E-state index contributed by atoms with van der Waals surface area (Å²) >= 11 is 0. The highest BCUT2D eigenvalue weighted by atomic mass is 19.3. The van der Waals surface area contributed by atoms with Gasteiger partial charge in [-0.1, -0.05) is 12.1 Å². The number of ether oxygens (including phenoxy) is 1. The molecule has 0 bridgehead atoms. The second-order valence-electron chi connectivity index (χ2n) is 4.43. The van der Waals surface area contributed by atoms with Crippen molar-refractivity contribution in [2.75, 3.05) is 13.7 Å². The summed E-state index contributed by atoms with van der Waals surface area (Å²) in [4.78, 5) is 0. The third-order valence-electron chi connectivity index (χ3n) is 3.27. The van der Waals surface area contributed by atoms with Gasteiger partial charge in [0.15, 0.2) is 0 Å². The first kappa shape index (κ1) is 11.3. The summed E-state index contributed by atoms with van der Waals surface area (Å²) in [5.74, 6) is -1.89. The Hall–Kier alpha value is -1.16. The van der Waals surface area contributed by atoms with Crippen molar-refractivity contribution < 1.29 is 13.5 Å². The van der Waals surface area contributed by atoms with Gasteiger partial charge in [-0.25, -0.2) is 8.78 Å². The minimum absolute atomic E-state index is 0.163. The lowest BCUT2D eigenvalue weighted by Gasteiger charge is -2.47. The first-order valence-electron chi connectivity index (χ1n) is 5.24. The SMILES string of the molecule is COc1cccc(C2(CN)CC(F)(F)C2)c1. The van der Waals surface area contributed by atoms with Crippen molar-refractivity contribution in [2.24, 2.45) is 5.73 Å². The lowest BCUT2D eigenvalue weighted by atomic mass is 9.62. The normalized spacial score (nSPS) is 21.2. The molecule has 0 spiro atoms. The van der Waals surface area contributed by atoms with Crippen LogP contribution in [0.1, 0.15) is 18.4 Å². The van der Waals surface area contributed by atoms with Crippen LogP contribution in [-0.4, -0.2) is 19.6 Å². The van der Waals surface area contributed by atoms with Gasteiger partial charge in [-0.2, -0.15) is 0 Å². The highest BCUT2D eigenvalue weighted by molar-refractivity contribution is 5.37. The van der Waals surface area contributed by atoms with Crippen molar-refractivity contribution in [3.63, 3.8) is 0 Å². The van der Waals surface area contributed by atoms with Crippen molar-refractivity contribution in [3.8, 4) is 5.75 Å². The Labute approximate surface area is 93.4 Å². The van der Waals surface area contributed by atoms with E-state index < -0.39 is 11.3 Å². The number of halogens is 2. The van der Waals surface area contributed by atoms with Crippen LogP contribution in [0.3, 0.4) is 0 Å². The molecule has 4 heteroatoms. The lowest BCUT2D eigenvalue weighted by molar-refractivity contribution is -0.123. The Bertz CT molecular complexity index is 384. The lowest BCUT2D eigenvalue weighted by Crippen LogP contribution is -2.53. The number of methoxy groups -OCH3 is 1. The van der Waals surface area contributed by atoms with Gasteiger partial charge in [0.2, 0.25) is 5.92 Å². The van der Waals surface area contributed by atoms with Gasteiger partial charge in [-0.15, -0.1) is 0 Å². The quantitative estimate of drug-likeness (QED) is 0.860. The highest BCUT2D eigenvalue weighted by Crippen LogP contribution is 2.53. The van der Waals surface area contributed by atoms with Crippen molar-refractivity contribution in [1.82, 2.24) is 0 Å². The zero-order valence-corrected chi connectivity index (χ0v) is 9.17. The fourth-order valence-electron chi connectivity index (χ4n) is 2.36. The summed E-state index contributed by atoms with van der Waals surface area (Å²) in [5.41, 5.74) is 5.92. The minimum atomic E-state index is -2.57. The van der Waals surface area contributed by atoms with Gasteiger partial charge < -0.3 is 10.5 Å². The topological polar surface area (TPSA) is 35.2 Å². The average Bonchev–Trinajstić information content (AvgIpc) is 2.25. The van der Waals surface area contributed by atoms with Gasteiger partial charge in [-0.3, -0.25) is 0 Å². The van der Waals surface area contributed by atoms with Crippen LogP contribution in [-0.2, 0) is 5.41 Å². The van der Waals surface area contributed by atoms with Gasteiger partial charge in [-0.05, 0) is 17.7 Å². The van der Waals surface area contributed by atoms with Crippen LogP contribution in [0.15, 0.2) is 24.3 Å². The Balaban J connectivity index is 2.28. The molecule has 0 aromatic heterocycles. The minimum Gasteiger partial charge on any atom is -0.497 e. The van der Waals surface area contributed by atoms with Crippen LogP contribution in [0.4, 0.5) is 8.78 Å². The van der Waals surface area contributed by atoms with E-state index in [-0.39, 0.29) is 19.4 Å². The zero-order valence-electron chi connectivity index (χ0n) is 9.17. The second-order valence-corrected chi connectivity index (χ2v) is 4.43. The van der Waals surface area contributed by atoms with E-state index in [1.807, 2.05) is 12.1 Å². The summed E-state index contributed by atoms with van der Waals surface area (Å²) < 4.78 is 31.1. The van der Waals surface area contributed by atoms with Crippen LogP contribution in [0.2, 0.25) is 0 Å². The number of hydrogen-bond acceptors (Lipinski definition) is 2. The standard InChI is InChI=1S/C12H15F2NO/c1-16-10-4-2-3-9(5-10)11(8-15)6-12(13,14)7-11/h2-5H,6-8,15H2,1H3. The molecule has 1 fully saturated rings. The largest absolute Gasteiger partial charge is 0.497 e. The first-order chi connectivity index (χ1) is 7.51. The van der Waals surface area contributed by atoms with Crippen LogP contribution < -0.4 is 10.5 Å². The van der Waals surface area contributed by atoms with Crippen molar-refractivity contribution in [3.05, 3.63) is 29.8 Å². The van der Waals surface area contributed by atoms with Gasteiger partial charge in [0, 0.05) is 24.8 Å². The fourth-order valence-corrected chi connectivity index (χ4v) is 2.36. The molecule has 2 rings (SSSR count). The number of alkyl halides is 2. The molecule has 0 atom stereocenters. The van der Waals surface area contributed by atoms with E-state index in [0.717, 1.165) is 5.56 Å². The van der Waals surface area contributed by atoms with E-state index in [9.17, 15) is 8.78 Å². The molecular formula is C12H15F2NO. The molecule has 0 heterocycles. The first-order valence-corrected chi connectivity index (χ1v) is 5.24. The summed E-state index contributed by atoms with van der Waals surface area (Å²) in [5, 5.41) is 0. The summed E-state index contributed by atoms with van der Waals surface area (Å²) in [7, 11) is 1.56. The third-order valence-corrected chi connectivity index (χ3v) is 3.27. The number of rotatable bonds is 3. The molecular weight excluding hydrogens is 212 g/mol. The predicted molar refractivity (Wildman–Crippen MR) is 57.9 cm³/mol. The number of hydrogen-bond donors (Lipinski definition) is 1. The second kappa shape index (κ2) is 3.70. The Morgan fingerprint density at radius 2 is 2.06 bits per heavy atom. The third kappa shape index (κ3) is 1.78.